The summed E-state index contributed by atoms with van der Waals surface area (Å²) in [5.74, 6) is 0.123. The molecule has 0 aliphatic carbocycles. The molecule has 7 heteroatoms. The number of hydrogen-bond acceptors (Lipinski definition) is 6. The molecule has 1 aliphatic rings. The first kappa shape index (κ1) is 12.7. The Kier molecular flexibility index (Phi) is 3.73. The molecule has 0 bridgehead atoms. The van der Waals surface area contributed by atoms with Gasteiger partial charge in [0.05, 0.1) is 18.8 Å². The smallest absolute Gasteiger partial charge is 0.269 e. The Labute approximate surface area is 105 Å². The molecule has 98 valence electrons. The highest BCUT2D eigenvalue weighted by atomic mass is 16.5. The van der Waals surface area contributed by atoms with Gasteiger partial charge in [0, 0.05) is 13.1 Å². The van der Waals surface area contributed by atoms with Gasteiger partial charge in [-0.1, -0.05) is 0 Å². The molecule has 7 nitrogen and oxygen atoms in total. The maximum atomic E-state index is 10.9. The largest absolute Gasteiger partial charge is 0.373 e. The molecule has 0 spiro atoms. The van der Waals surface area contributed by atoms with E-state index in [1.807, 2.05) is 6.92 Å². The minimum Gasteiger partial charge on any atom is -0.373 e. The van der Waals surface area contributed by atoms with Gasteiger partial charge in [0.25, 0.3) is 5.91 Å². The maximum absolute atomic E-state index is 10.9. The van der Waals surface area contributed by atoms with Crippen molar-refractivity contribution in [3.63, 3.8) is 0 Å². The number of anilines is 1. The van der Waals surface area contributed by atoms with Crippen molar-refractivity contribution in [1.29, 1.82) is 0 Å². The van der Waals surface area contributed by atoms with Crippen molar-refractivity contribution in [2.45, 2.75) is 19.1 Å². The molecule has 1 aliphatic heterocycles. The van der Waals surface area contributed by atoms with Crippen LogP contribution in [0.3, 0.4) is 0 Å². The van der Waals surface area contributed by atoms with Crippen LogP contribution in [0.15, 0.2) is 12.1 Å². The highest BCUT2D eigenvalue weighted by molar-refractivity contribution is 5.90. The predicted octanol–water partition coefficient (Wildman–Crippen LogP) is -0.872. The topological polar surface area (TPSA) is 107 Å². The van der Waals surface area contributed by atoms with Crippen LogP contribution in [0, 0.1) is 0 Å². The van der Waals surface area contributed by atoms with E-state index in [2.05, 4.69) is 15.1 Å². The highest BCUT2D eigenvalue weighted by Gasteiger charge is 2.26. The average Bonchev–Trinajstić information content (AvgIpc) is 2.39. The van der Waals surface area contributed by atoms with Gasteiger partial charge in [-0.3, -0.25) is 4.79 Å². The Balaban J connectivity index is 2.16. The van der Waals surface area contributed by atoms with E-state index in [1.54, 1.807) is 12.1 Å². The zero-order chi connectivity index (χ0) is 13.1. The Morgan fingerprint density at radius 2 is 2.33 bits per heavy atom. The van der Waals surface area contributed by atoms with E-state index in [9.17, 15) is 4.79 Å². The van der Waals surface area contributed by atoms with Gasteiger partial charge in [-0.15, -0.1) is 10.2 Å². The normalized spacial score (nSPS) is 24.0. The van der Waals surface area contributed by atoms with Crippen LogP contribution in [0.25, 0.3) is 0 Å². The third kappa shape index (κ3) is 2.57. The number of morpholine rings is 1. The molecule has 0 aromatic carbocycles. The van der Waals surface area contributed by atoms with Crippen LogP contribution in [0.2, 0.25) is 0 Å². The summed E-state index contributed by atoms with van der Waals surface area (Å²) >= 11 is 0. The van der Waals surface area contributed by atoms with Gasteiger partial charge in [-0.05, 0) is 19.1 Å². The molecule has 1 aromatic rings. The van der Waals surface area contributed by atoms with Crippen LogP contribution in [0.4, 0.5) is 5.82 Å². The van der Waals surface area contributed by atoms with Gasteiger partial charge < -0.3 is 21.1 Å². The van der Waals surface area contributed by atoms with E-state index in [0.29, 0.717) is 25.5 Å². The van der Waals surface area contributed by atoms with Crippen molar-refractivity contribution in [3.05, 3.63) is 17.8 Å². The Bertz CT molecular complexity index is 422. The second-order valence-corrected chi connectivity index (χ2v) is 4.33. The molecule has 18 heavy (non-hydrogen) atoms. The highest BCUT2D eigenvalue weighted by Crippen LogP contribution is 2.18. The molecule has 2 atom stereocenters. The van der Waals surface area contributed by atoms with Gasteiger partial charge in [0.15, 0.2) is 11.5 Å². The molecular weight excluding hydrogens is 234 g/mol. The Hall–Kier alpha value is -1.73. The van der Waals surface area contributed by atoms with Crippen LogP contribution in [-0.2, 0) is 4.74 Å². The standard InChI is InChI=1S/C11H17N5O2/c1-7-6-18-8(4-12)5-16(7)10-3-2-9(11(13)17)14-15-10/h2-3,7-8H,4-6,12H2,1H3,(H2,13,17). The second-order valence-electron chi connectivity index (χ2n) is 4.33. The molecule has 2 rings (SSSR count). The summed E-state index contributed by atoms with van der Waals surface area (Å²) in [5.41, 5.74) is 10.9. The molecule has 1 fully saturated rings. The fraction of sp³-hybridized carbons (Fsp3) is 0.545. The first-order chi connectivity index (χ1) is 8.61. The second kappa shape index (κ2) is 5.28. The number of amides is 1. The predicted molar refractivity (Wildman–Crippen MR) is 66.2 cm³/mol. The van der Waals surface area contributed by atoms with Crippen LogP contribution in [0.1, 0.15) is 17.4 Å². The lowest BCUT2D eigenvalue weighted by molar-refractivity contribution is 0.0279. The molecule has 0 radical (unpaired) electrons. The number of rotatable bonds is 3. The molecule has 2 unspecified atom stereocenters. The van der Waals surface area contributed by atoms with Crippen molar-refractivity contribution in [1.82, 2.24) is 10.2 Å². The number of carbonyl (C=O) groups is 1. The average molecular weight is 251 g/mol. The van der Waals surface area contributed by atoms with Crippen molar-refractivity contribution >= 4 is 11.7 Å². The fourth-order valence-electron chi connectivity index (χ4n) is 1.89. The lowest BCUT2D eigenvalue weighted by atomic mass is 10.2. The zero-order valence-corrected chi connectivity index (χ0v) is 10.2. The minimum atomic E-state index is -0.580. The lowest BCUT2D eigenvalue weighted by Crippen LogP contribution is -2.51. The number of aromatic nitrogens is 2. The van der Waals surface area contributed by atoms with Crippen molar-refractivity contribution in [2.75, 3.05) is 24.6 Å². The van der Waals surface area contributed by atoms with E-state index < -0.39 is 5.91 Å². The van der Waals surface area contributed by atoms with Gasteiger partial charge in [0.1, 0.15) is 0 Å². The third-order valence-corrected chi connectivity index (χ3v) is 2.97. The summed E-state index contributed by atoms with van der Waals surface area (Å²) in [6, 6.07) is 3.51. The van der Waals surface area contributed by atoms with E-state index in [0.717, 1.165) is 0 Å². The molecule has 2 heterocycles. The summed E-state index contributed by atoms with van der Waals surface area (Å²) in [5, 5.41) is 7.82. The van der Waals surface area contributed by atoms with Crippen LogP contribution < -0.4 is 16.4 Å². The molecule has 1 aromatic heterocycles. The lowest BCUT2D eigenvalue weighted by Gasteiger charge is -2.38. The first-order valence-electron chi connectivity index (χ1n) is 5.83. The molecule has 4 N–H and O–H groups in total. The van der Waals surface area contributed by atoms with Crippen LogP contribution in [-0.4, -0.2) is 47.9 Å². The summed E-state index contributed by atoms with van der Waals surface area (Å²) in [6.07, 6.45) is -0.00110. The maximum Gasteiger partial charge on any atom is 0.269 e. The van der Waals surface area contributed by atoms with Gasteiger partial charge in [-0.2, -0.15) is 0 Å². The van der Waals surface area contributed by atoms with E-state index in [1.165, 1.54) is 0 Å². The molecule has 0 saturated carbocycles. The number of primary amides is 1. The zero-order valence-electron chi connectivity index (χ0n) is 10.2. The summed E-state index contributed by atoms with van der Waals surface area (Å²) in [4.78, 5) is 13.0. The van der Waals surface area contributed by atoms with Crippen molar-refractivity contribution < 1.29 is 9.53 Å². The minimum absolute atomic E-state index is 0.00110. The third-order valence-electron chi connectivity index (χ3n) is 2.97. The Morgan fingerprint density at radius 3 is 2.89 bits per heavy atom. The van der Waals surface area contributed by atoms with E-state index in [4.69, 9.17) is 16.2 Å². The number of ether oxygens (including phenoxy) is 1. The number of nitrogens with two attached hydrogens (primary N) is 2. The van der Waals surface area contributed by atoms with Gasteiger partial charge in [0.2, 0.25) is 0 Å². The van der Waals surface area contributed by atoms with Gasteiger partial charge >= 0.3 is 0 Å². The number of hydrogen-bond donors (Lipinski definition) is 2. The summed E-state index contributed by atoms with van der Waals surface area (Å²) in [6.45, 7) is 3.77. The molecule has 1 amide bonds. The Morgan fingerprint density at radius 1 is 1.56 bits per heavy atom. The van der Waals surface area contributed by atoms with E-state index in [-0.39, 0.29) is 17.8 Å². The van der Waals surface area contributed by atoms with Crippen LogP contribution >= 0.6 is 0 Å². The van der Waals surface area contributed by atoms with E-state index >= 15 is 0 Å². The molecular formula is C11H17N5O2. The number of carbonyl (C=O) groups excluding carboxylic acids is 1. The monoisotopic (exact) mass is 251 g/mol. The quantitative estimate of drug-likeness (QED) is 0.723. The van der Waals surface area contributed by atoms with Crippen molar-refractivity contribution in [3.8, 4) is 0 Å². The summed E-state index contributed by atoms with van der Waals surface area (Å²) < 4.78 is 5.56. The molecule has 1 saturated heterocycles. The number of nitrogens with zero attached hydrogens (tertiary/aromatic N) is 3. The van der Waals surface area contributed by atoms with Gasteiger partial charge in [-0.25, -0.2) is 0 Å². The van der Waals surface area contributed by atoms with Crippen LogP contribution in [0.5, 0.6) is 0 Å². The van der Waals surface area contributed by atoms with Crippen molar-refractivity contribution in [2.24, 2.45) is 11.5 Å². The SMILES string of the molecule is CC1COC(CN)CN1c1ccc(C(N)=O)nn1. The summed E-state index contributed by atoms with van der Waals surface area (Å²) in [7, 11) is 0. The fourth-order valence-corrected chi connectivity index (χ4v) is 1.89. The first-order valence-corrected chi connectivity index (χ1v) is 5.83.